The molecule has 0 aliphatic rings. The minimum absolute atomic E-state index is 0.376. The van der Waals surface area contributed by atoms with Gasteiger partial charge in [0.1, 0.15) is 5.75 Å². The third-order valence-electron chi connectivity index (χ3n) is 2.52. The molecule has 1 amide bonds. The van der Waals surface area contributed by atoms with Crippen LogP contribution in [0, 0.1) is 0 Å². The van der Waals surface area contributed by atoms with E-state index < -0.39 is 6.09 Å². The van der Waals surface area contributed by atoms with Crippen LogP contribution in [0.15, 0.2) is 18.2 Å². The molecule has 0 bridgehead atoms. The minimum atomic E-state index is -0.447. The number of carbonyl (C=O) groups is 1. The Morgan fingerprint density at radius 1 is 1.35 bits per heavy atom. The number of amides is 1. The lowest BCUT2D eigenvalue weighted by Crippen LogP contribution is -2.22. The van der Waals surface area contributed by atoms with E-state index in [-0.39, 0.29) is 0 Å². The van der Waals surface area contributed by atoms with Gasteiger partial charge in [-0.25, -0.2) is 4.79 Å². The standard InChI is InChI=1S/C13H20N2O2/c1-9(2)11-8-10(17-13(16)14-3)6-7-12(11)15(4)5/h6-9H,1-5H3,(H,14,16). The Hall–Kier alpha value is -1.71. The van der Waals surface area contributed by atoms with Gasteiger partial charge in [0.2, 0.25) is 0 Å². The second-order valence-electron chi connectivity index (χ2n) is 4.41. The van der Waals surface area contributed by atoms with Crippen LogP contribution >= 0.6 is 0 Å². The first-order chi connectivity index (χ1) is 7.95. The molecule has 0 unspecified atom stereocenters. The molecule has 0 aromatic heterocycles. The van der Waals surface area contributed by atoms with Crippen molar-refractivity contribution in [1.82, 2.24) is 5.32 Å². The molecule has 0 fully saturated rings. The van der Waals surface area contributed by atoms with Crippen LogP contribution in [0.2, 0.25) is 0 Å². The van der Waals surface area contributed by atoms with Crippen molar-refractivity contribution in [2.45, 2.75) is 19.8 Å². The van der Waals surface area contributed by atoms with E-state index in [2.05, 4.69) is 24.1 Å². The van der Waals surface area contributed by atoms with Crippen molar-refractivity contribution >= 4 is 11.8 Å². The topological polar surface area (TPSA) is 41.6 Å². The van der Waals surface area contributed by atoms with Crippen LogP contribution in [-0.4, -0.2) is 27.2 Å². The third kappa shape index (κ3) is 3.37. The number of nitrogens with zero attached hydrogens (tertiary/aromatic N) is 1. The van der Waals surface area contributed by atoms with Gasteiger partial charge < -0.3 is 15.0 Å². The fraction of sp³-hybridized carbons (Fsp3) is 0.462. The van der Waals surface area contributed by atoms with Crippen LogP contribution in [-0.2, 0) is 0 Å². The van der Waals surface area contributed by atoms with Gasteiger partial charge in [-0.05, 0) is 29.7 Å². The molecule has 0 saturated heterocycles. The van der Waals surface area contributed by atoms with Crippen molar-refractivity contribution in [3.63, 3.8) is 0 Å². The van der Waals surface area contributed by atoms with Gasteiger partial charge in [0.25, 0.3) is 0 Å². The summed E-state index contributed by atoms with van der Waals surface area (Å²) in [6.45, 7) is 4.23. The van der Waals surface area contributed by atoms with Gasteiger partial charge in [0.05, 0.1) is 0 Å². The van der Waals surface area contributed by atoms with Gasteiger partial charge in [-0.3, -0.25) is 0 Å². The molecule has 0 aliphatic carbocycles. The Kier molecular flexibility index (Phi) is 4.37. The van der Waals surface area contributed by atoms with E-state index >= 15 is 0 Å². The van der Waals surface area contributed by atoms with Gasteiger partial charge in [-0.15, -0.1) is 0 Å². The van der Waals surface area contributed by atoms with Crippen LogP contribution in [0.1, 0.15) is 25.3 Å². The highest BCUT2D eigenvalue weighted by Crippen LogP contribution is 2.30. The number of hydrogen-bond acceptors (Lipinski definition) is 3. The molecule has 0 radical (unpaired) electrons. The van der Waals surface area contributed by atoms with E-state index in [9.17, 15) is 4.79 Å². The van der Waals surface area contributed by atoms with Gasteiger partial charge in [0, 0.05) is 26.8 Å². The normalized spacial score (nSPS) is 10.2. The van der Waals surface area contributed by atoms with E-state index in [1.165, 1.54) is 0 Å². The highest BCUT2D eigenvalue weighted by Gasteiger charge is 2.11. The molecule has 0 aliphatic heterocycles. The van der Waals surface area contributed by atoms with Crippen LogP contribution in [0.4, 0.5) is 10.5 Å². The molecule has 4 heteroatoms. The van der Waals surface area contributed by atoms with Crippen LogP contribution in [0.3, 0.4) is 0 Å². The summed E-state index contributed by atoms with van der Waals surface area (Å²) in [5.41, 5.74) is 2.31. The Morgan fingerprint density at radius 2 is 2.00 bits per heavy atom. The zero-order valence-corrected chi connectivity index (χ0v) is 11.1. The van der Waals surface area contributed by atoms with Crippen molar-refractivity contribution in [1.29, 1.82) is 0 Å². The summed E-state index contributed by atoms with van der Waals surface area (Å²) in [6, 6.07) is 5.68. The summed E-state index contributed by atoms with van der Waals surface area (Å²) in [5, 5.41) is 2.43. The van der Waals surface area contributed by atoms with E-state index in [1.54, 1.807) is 13.1 Å². The van der Waals surface area contributed by atoms with Gasteiger partial charge >= 0.3 is 6.09 Å². The molecule has 0 atom stereocenters. The second-order valence-corrected chi connectivity index (χ2v) is 4.41. The molecule has 1 aromatic carbocycles. The Balaban J connectivity index is 3.05. The molecule has 1 N–H and O–H groups in total. The zero-order chi connectivity index (χ0) is 13.0. The number of carbonyl (C=O) groups excluding carboxylic acids is 1. The van der Waals surface area contributed by atoms with Gasteiger partial charge in [0.15, 0.2) is 0 Å². The molecule has 1 rings (SSSR count). The second kappa shape index (κ2) is 5.57. The predicted octanol–water partition coefficient (Wildman–Crippen LogP) is 2.59. The van der Waals surface area contributed by atoms with Crippen molar-refractivity contribution < 1.29 is 9.53 Å². The molecule has 0 saturated carbocycles. The first-order valence-electron chi connectivity index (χ1n) is 5.66. The monoisotopic (exact) mass is 236 g/mol. The smallest absolute Gasteiger partial charge is 0.410 e. The number of nitrogens with one attached hydrogen (secondary N) is 1. The highest BCUT2D eigenvalue weighted by molar-refractivity contribution is 5.70. The maximum Gasteiger partial charge on any atom is 0.412 e. The van der Waals surface area contributed by atoms with Crippen molar-refractivity contribution in [2.75, 3.05) is 26.0 Å². The van der Waals surface area contributed by atoms with Gasteiger partial charge in [-0.2, -0.15) is 0 Å². The molecule has 0 heterocycles. The molecule has 94 valence electrons. The summed E-state index contributed by atoms with van der Waals surface area (Å²) < 4.78 is 5.12. The molecular formula is C13H20N2O2. The number of hydrogen-bond donors (Lipinski definition) is 1. The Morgan fingerprint density at radius 3 is 2.47 bits per heavy atom. The zero-order valence-electron chi connectivity index (χ0n) is 11.1. The fourth-order valence-corrected chi connectivity index (χ4v) is 1.62. The first kappa shape index (κ1) is 13.4. The Labute approximate surface area is 103 Å². The fourth-order valence-electron chi connectivity index (χ4n) is 1.62. The number of ether oxygens (including phenoxy) is 1. The largest absolute Gasteiger partial charge is 0.412 e. The van der Waals surface area contributed by atoms with Crippen molar-refractivity contribution in [2.24, 2.45) is 0 Å². The summed E-state index contributed by atoms with van der Waals surface area (Å²) in [6.07, 6.45) is -0.447. The quantitative estimate of drug-likeness (QED) is 0.877. The summed E-state index contributed by atoms with van der Waals surface area (Å²) >= 11 is 0. The van der Waals surface area contributed by atoms with E-state index in [0.717, 1.165) is 11.3 Å². The SMILES string of the molecule is CNC(=O)Oc1ccc(N(C)C)c(C(C)C)c1. The lowest BCUT2D eigenvalue weighted by Gasteiger charge is -2.20. The van der Waals surface area contributed by atoms with E-state index in [4.69, 9.17) is 4.74 Å². The lowest BCUT2D eigenvalue weighted by molar-refractivity contribution is 0.203. The summed E-state index contributed by atoms with van der Waals surface area (Å²) in [4.78, 5) is 13.2. The average molecular weight is 236 g/mol. The van der Waals surface area contributed by atoms with Crippen LogP contribution < -0.4 is 15.0 Å². The molecule has 1 aromatic rings. The molecule has 0 spiro atoms. The maximum absolute atomic E-state index is 11.1. The van der Waals surface area contributed by atoms with E-state index in [1.807, 2.05) is 26.2 Å². The molecule has 4 nitrogen and oxygen atoms in total. The van der Waals surface area contributed by atoms with Crippen LogP contribution in [0.5, 0.6) is 5.75 Å². The highest BCUT2D eigenvalue weighted by atomic mass is 16.5. The molecular weight excluding hydrogens is 216 g/mol. The van der Waals surface area contributed by atoms with Crippen LogP contribution in [0.25, 0.3) is 0 Å². The first-order valence-corrected chi connectivity index (χ1v) is 5.66. The number of anilines is 1. The minimum Gasteiger partial charge on any atom is -0.410 e. The third-order valence-corrected chi connectivity index (χ3v) is 2.52. The molecule has 17 heavy (non-hydrogen) atoms. The maximum atomic E-state index is 11.1. The summed E-state index contributed by atoms with van der Waals surface area (Å²) in [7, 11) is 5.54. The van der Waals surface area contributed by atoms with Crippen molar-refractivity contribution in [3.05, 3.63) is 23.8 Å². The predicted molar refractivity (Wildman–Crippen MR) is 69.9 cm³/mol. The Bertz CT molecular complexity index is 400. The lowest BCUT2D eigenvalue weighted by atomic mass is 10.0. The summed E-state index contributed by atoms with van der Waals surface area (Å²) in [5.74, 6) is 0.944. The van der Waals surface area contributed by atoms with Crippen molar-refractivity contribution in [3.8, 4) is 5.75 Å². The van der Waals surface area contributed by atoms with Gasteiger partial charge in [-0.1, -0.05) is 13.8 Å². The number of benzene rings is 1. The average Bonchev–Trinajstić information content (AvgIpc) is 2.28. The number of rotatable bonds is 3. The van der Waals surface area contributed by atoms with E-state index in [0.29, 0.717) is 11.7 Å².